The molecule has 2 aliphatic rings. The summed E-state index contributed by atoms with van der Waals surface area (Å²) in [5, 5.41) is 2.17. The van der Waals surface area contributed by atoms with Crippen molar-refractivity contribution in [2.24, 2.45) is 0 Å². The van der Waals surface area contributed by atoms with Crippen LogP contribution in [-0.2, 0) is 9.53 Å². The second-order valence-electron chi connectivity index (χ2n) is 5.11. The van der Waals surface area contributed by atoms with Crippen molar-refractivity contribution in [3.05, 3.63) is 0 Å². The average Bonchev–Trinajstić information content (AvgIpc) is 2.29. The first-order chi connectivity index (χ1) is 8.09. The molecule has 0 aromatic rings. The summed E-state index contributed by atoms with van der Waals surface area (Å²) in [7, 11) is 1.94. The van der Waals surface area contributed by atoms with E-state index in [1.165, 1.54) is 0 Å². The van der Waals surface area contributed by atoms with E-state index in [2.05, 4.69) is 24.3 Å². The molecule has 1 N–H and O–H groups in total. The Morgan fingerprint density at radius 3 is 2.53 bits per heavy atom. The van der Waals surface area contributed by atoms with E-state index in [1.54, 1.807) is 0 Å². The molecule has 2 heterocycles. The van der Waals surface area contributed by atoms with Crippen LogP contribution in [0.5, 0.6) is 0 Å². The molecule has 2 fully saturated rings. The van der Waals surface area contributed by atoms with Gasteiger partial charge in [-0.15, -0.1) is 0 Å². The lowest BCUT2D eigenvalue weighted by molar-refractivity contribution is -0.220. The summed E-state index contributed by atoms with van der Waals surface area (Å²) in [4.78, 5) is 14.0. The standard InChI is InChI=1S/C12H23N3O2/c1-10(2)15-11(16)4-9-17-12(15)5-7-14(13-3)8-6-12/h10,13H,4-9H2,1-3H3. The lowest BCUT2D eigenvalue weighted by atomic mass is 9.95. The van der Waals surface area contributed by atoms with Crippen molar-refractivity contribution < 1.29 is 9.53 Å². The number of carbonyl (C=O) groups is 1. The van der Waals surface area contributed by atoms with Gasteiger partial charge in [0.05, 0.1) is 13.0 Å². The Balaban J connectivity index is 2.14. The summed E-state index contributed by atoms with van der Waals surface area (Å²) < 4.78 is 5.99. The van der Waals surface area contributed by atoms with Crippen LogP contribution in [0, 0.1) is 0 Å². The third-order valence-corrected chi connectivity index (χ3v) is 3.77. The average molecular weight is 241 g/mol. The van der Waals surface area contributed by atoms with Crippen LogP contribution in [0.1, 0.15) is 33.1 Å². The van der Waals surface area contributed by atoms with E-state index >= 15 is 0 Å². The summed E-state index contributed by atoms with van der Waals surface area (Å²) in [6.45, 7) is 6.55. The molecule has 0 saturated carbocycles. The zero-order chi connectivity index (χ0) is 12.5. The Bertz CT molecular complexity index is 285. The first-order valence-corrected chi connectivity index (χ1v) is 6.47. The Hall–Kier alpha value is -0.650. The number of amides is 1. The first-order valence-electron chi connectivity index (χ1n) is 6.47. The number of hydrazine groups is 1. The van der Waals surface area contributed by atoms with Gasteiger partial charge < -0.3 is 9.64 Å². The topological polar surface area (TPSA) is 44.8 Å². The van der Waals surface area contributed by atoms with Crippen molar-refractivity contribution >= 4 is 5.91 Å². The predicted molar refractivity (Wildman–Crippen MR) is 65.1 cm³/mol. The summed E-state index contributed by atoms with van der Waals surface area (Å²) in [6, 6.07) is 0.212. The Kier molecular flexibility index (Phi) is 3.70. The van der Waals surface area contributed by atoms with E-state index in [0.717, 1.165) is 25.9 Å². The van der Waals surface area contributed by atoms with Crippen LogP contribution in [0.15, 0.2) is 0 Å². The second kappa shape index (κ2) is 4.92. The number of piperidine rings is 1. The van der Waals surface area contributed by atoms with Gasteiger partial charge in [0.25, 0.3) is 0 Å². The van der Waals surface area contributed by atoms with Gasteiger partial charge in [0.15, 0.2) is 0 Å². The van der Waals surface area contributed by atoms with Crippen molar-refractivity contribution in [3.8, 4) is 0 Å². The fourth-order valence-corrected chi connectivity index (χ4v) is 2.97. The van der Waals surface area contributed by atoms with Crippen molar-refractivity contribution in [2.75, 3.05) is 26.7 Å². The number of nitrogens with one attached hydrogen (secondary N) is 1. The van der Waals surface area contributed by atoms with Gasteiger partial charge in [0.2, 0.25) is 5.91 Å². The fourth-order valence-electron chi connectivity index (χ4n) is 2.97. The molecule has 0 atom stereocenters. The molecule has 1 spiro atoms. The molecule has 2 rings (SSSR count). The number of ether oxygens (including phenoxy) is 1. The van der Waals surface area contributed by atoms with Crippen LogP contribution in [-0.4, -0.2) is 54.3 Å². The lowest BCUT2D eigenvalue weighted by Crippen LogP contribution is -2.64. The smallest absolute Gasteiger partial charge is 0.227 e. The highest BCUT2D eigenvalue weighted by Gasteiger charge is 2.46. The highest BCUT2D eigenvalue weighted by Crippen LogP contribution is 2.34. The van der Waals surface area contributed by atoms with E-state index < -0.39 is 0 Å². The third kappa shape index (κ3) is 2.32. The molecule has 2 aliphatic heterocycles. The fraction of sp³-hybridized carbons (Fsp3) is 0.917. The number of carbonyl (C=O) groups excluding carboxylic acids is 1. The highest BCUT2D eigenvalue weighted by atomic mass is 16.5. The van der Waals surface area contributed by atoms with Crippen molar-refractivity contribution in [2.45, 2.75) is 44.9 Å². The second-order valence-corrected chi connectivity index (χ2v) is 5.11. The number of hydrogen-bond donors (Lipinski definition) is 1. The van der Waals surface area contributed by atoms with E-state index in [4.69, 9.17) is 4.74 Å². The minimum absolute atomic E-state index is 0.212. The van der Waals surface area contributed by atoms with E-state index in [9.17, 15) is 4.79 Å². The molecule has 5 nitrogen and oxygen atoms in total. The molecule has 0 aliphatic carbocycles. The van der Waals surface area contributed by atoms with Gasteiger partial charge in [-0.3, -0.25) is 10.2 Å². The Morgan fingerprint density at radius 2 is 2.00 bits per heavy atom. The van der Waals surface area contributed by atoms with E-state index in [-0.39, 0.29) is 17.7 Å². The van der Waals surface area contributed by atoms with Crippen molar-refractivity contribution in [3.63, 3.8) is 0 Å². The molecule has 0 aromatic heterocycles. The Morgan fingerprint density at radius 1 is 1.35 bits per heavy atom. The van der Waals surface area contributed by atoms with Gasteiger partial charge >= 0.3 is 0 Å². The molecule has 2 saturated heterocycles. The minimum Gasteiger partial charge on any atom is -0.355 e. The van der Waals surface area contributed by atoms with Gasteiger partial charge in [0.1, 0.15) is 5.72 Å². The summed E-state index contributed by atoms with van der Waals surface area (Å²) in [6.07, 6.45) is 2.30. The van der Waals surface area contributed by atoms with Crippen LogP contribution in [0.4, 0.5) is 0 Å². The zero-order valence-corrected chi connectivity index (χ0v) is 11.0. The molecular weight excluding hydrogens is 218 g/mol. The zero-order valence-electron chi connectivity index (χ0n) is 11.0. The number of hydrogen-bond acceptors (Lipinski definition) is 4. The minimum atomic E-state index is -0.350. The van der Waals surface area contributed by atoms with Crippen LogP contribution in [0.2, 0.25) is 0 Å². The van der Waals surface area contributed by atoms with Gasteiger partial charge in [-0.1, -0.05) is 0 Å². The summed E-state index contributed by atoms with van der Waals surface area (Å²) in [5.41, 5.74) is 2.81. The SMILES string of the molecule is CNN1CCC2(CC1)OCCC(=O)N2C(C)C. The van der Waals surface area contributed by atoms with Crippen molar-refractivity contribution in [1.29, 1.82) is 0 Å². The third-order valence-electron chi connectivity index (χ3n) is 3.77. The largest absolute Gasteiger partial charge is 0.355 e. The molecule has 5 heteroatoms. The van der Waals surface area contributed by atoms with Crippen LogP contribution in [0.3, 0.4) is 0 Å². The van der Waals surface area contributed by atoms with Crippen molar-refractivity contribution in [1.82, 2.24) is 15.3 Å². The van der Waals surface area contributed by atoms with Crippen LogP contribution < -0.4 is 5.43 Å². The summed E-state index contributed by atoms with van der Waals surface area (Å²) >= 11 is 0. The monoisotopic (exact) mass is 241 g/mol. The molecule has 98 valence electrons. The normalized spacial score (nSPS) is 25.9. The molecule has 17 heavy (non-hydrogen) atoms. The summed E-state index contributed by atoms with van der Waals surface area (Å²) in [5.74, 6) is 0.240. The maximum Gasteiger partial charge on any atom is 0.227 e. The van der Waals surface area contributed by atoms with Crippen LogP contribution in [0.25, 0.3) is 0 Å². The molecule has 0 unspecified atom stereocenters. The number of rotatable bonds is 2. The van der Waals surface area contributed by atoms with Gasteiger partial charge in [-0.25, -0.2) is 5.01 Å². The molecule has 1 amide bonds. The lowest BCUT2D eigenvalue weighted by Gasteiger charge is -2.52. The Labute approximate surface area is 103 Å². The van der Waals surface area contributed by atoms with Gasteiger partial charge in [-0.2, -0.15) is 0 Å². The van der Waals surface area contributed by atoms with Gasteiger partial charge in [0, 0.05) is 32.0 Å². The first kappa shape index (κ1) is 12.8. The van der Waals surface area contributed by atoms with E-state index in [1.807, 2.05) is 11.9 Å². The van der Waals surface area contributed by atoms with Gasteiger partial charge in [-0.05, 0) is 20.9 Å². The molecule has 0 aromatic carbocycles. The molecular formula is C12H23N3O2. The predicted octanol–water partition coefficient (Wildman–Crippen LogP) is 0.570. The maximum atomic E-state index is 12.1. The quantitative estimate of drug-likeness (QED) is 0.768. The van der Waals surface area contributed by atoms with E-state index in [0.29, 0.717) is 13.0 Å². The number of nitrogens with zero attached hydrogens (tertiary/aromatic N) is 2. The highest BCUT2D eigenvalue weighted by molar-refractivity contribution is 5.78. The maximum absolute atomic E-state index is 12.1. The van der Waals surface area contributed by atoms with Crippen LogP contribution >= 0.6 is 0 Å². The molecule has 0 bridgehead atoms. The molecule has 0 radical (unpaired) electrons.